The molecule has 1 amide bonds. The summed E-state index contributed by atoms with van der Waals surface area (Å²) in [4.78, 5) is 15.5. The lowest BCUT2D eigenvalue weighted by Crippen LogP contribution is -2.18. The standard InChI is InChI=1S/C17H14F4N2O3/c18-15-14(2-1-4-22-15)16(24)23-11-6-10(17(19,20)21)7-13(8-11)26-12-3-5-25-9-12/h1-2,4,6-8,12H,3,5,9H2,(H,23,24)/t12-/m1/s1. The van der Waals surface area contributed by atoms with Crippen molar-refractivity contribution in [2.24, 2.45) is 0 Å². The van der Waals surface area contributed by atoms with Crippen molar-refractivity contribution in [2.45, 2.75) is 18.7 Å². The van der Waals surface area contributed by atoms with Crippen molar-refractivity contribution < 1.29 is 31.8 Å². The van der Waals surface area contributed by atoms with E-state index in [4.69, 9.17) is 9.47 Å². The predicted molar refractivity (Wildman–Crippen MR) is 83.4 cm³/mol. The van der Waals surface area contributed by atoms with Gasteiger partial charge in [0.1, 0.15) is 11.9 Å². The Kier molecular flexibility index (Phi) is 5.08. The highest BCUT2D eigenvalue weighted by molar-refractivity contribution is 6.04. The number of pyridine rings is 1. The van der Waals surface area contributed by atoms with Crippen molar-refractivity contribution in [1.82, 2.24) is 4.98 Å². The second-order valence-electron chi connectivity index (χ2n) is 5.64. The van der Waals surface area contributed by atoms with Crippen LogP contribution >= 0.6 is 0 Å². The number of amides is 1. The topological polar surface area (TPSA) is 60.5 Å². The van der Waals surface area contributed by atoms with E-state index >= 15 is 0 Å². The summed E-state index contributed by atoms with van der Waals surface area (Å²) in [6.45, 7) is 0.742. The summed E-state index contributed by atoms with van der Waals surface area (Å²) in [6.07, 6.45) is -3.28. The minimum Gasteiger partial charge on any atom is -0.488 e. The largest absolute Gasteiger partial charge is 0.488 e. The average molecular weight is 370 g/mol. The summed E-state index contributed by atoms with van der Waals surface area (Å²) in [7, 11) is 0. The van der Waals surface area contributed by atoms with Crippen LogP contribution in [-0.2, 0) is 10.9 Å². The number of nitrogens with zero attached hydrogens (tertiary/aromatic N) is 1. The van der Waals surface area contributed by atoms with E-state index in [0.717, 1.165) is 18.3 Å². The summed E-state index contributed by atoms with van der Waals surface area (Å²) >= 11 is 0. The molecule has 3 rings (SSSR count). The van der Waals surface area contributed by atoms with E-state index < -0.39 is 23.6 Å². The van der Waals surface area contributed by atoms with Gasteiger partial charge in [0.2, 0.25) is 5.95 Å². The molecule has 1 aliphatic heterocycles. The van der Waals surface area contributed by atoms with E-state index in [1.165, 1.54) is 18.2 Å². The first kappa shape index (κ1) is 18.1. The van der Waals surface area contributed by atoms with Crippen LogP contribution in [0.2, 0.25) is 0 Å². The first-order chi connectivity index (χ1) is 12.3. The van der Waals surface area contributed by atoms with Gasteiger partial charge in [0.25, 0.3) is 5.91 Å². The predicted octanol–water partition coefficient (Wildman–Crippen LogP) is 3.66. The number of ether oxygens (including phenoxy) is 2. The van der Waals surface area contributed by atoms with Crippen LogP contribution in [0.1, 0.15) is 22.3 Å². The summed E-state index contributed by atoms with van der Waals surface area (Å²) in [5.41, 5.74) is -1.53. The number of carbonyl (C=O) groups excluding carboxylic acids is 1. The molecule has 1 aromatic heterocycles. The molecule has 0 saturated carbocycles. The number of alkyl halides is 3. The fraction of sp³-hybridized carbons (Fsp3) is 0.294. The quantitative estimate of drug-likeness (QED) is 0.659. The first-order valence-corrected chi connectivity index (χ1v) is 7.71. The molecule has 1 atom stereocenters. The van der Waals surface area contributed by atoms with Crippen molar-refractivity contribution >= 4 is 11.6 Å². The van der Waals surface area contributed by atoms with Gasteiger partial charge >= 0.3 is 6.18 Å². The number of aromatic nitrogens is 1. The Labute approximate surface area is 145 Å². The molecule has 1 saturated heterocycles. The summed E-state index contributed by atoms with van der Waals surface area (Å²) in [6, 6.07) is 5.37. The fourth-order valence-electron chi connectivity index (χ4n) is 2.46. The number of benzene rings is 1. The van der Waals surface area contributed by atoms with Crippen LogP contribution in [0.4, 0.5) is 23.2 Å². The van der Waals surface area contributed by atoms with Gasteiger partial charge in [-0.2, -0.15) is 17.6 Å². The molecule has 2 aromatic rings. The van der Waals surface area contributed by atoms with E-state index in [2.05, 4.69) is 10.3 Å². The molecule has 1 aromatic carbocycles. The first-order valence-electron chi connectivity index (χ1n) is 7.71. The smallest absolute Gasteiger partial charge is 0.416 e. The van der Waals surface area contributed by atoms with Crippen molar-refractivity contribution in [3.63, 3.8) is 0 Å². The van der Waals surface area contributed by atoms with Gasteiger partial charge in [-0.05, 0) is 24.3 Å². The molecule has 138 valence electrons. The lowest BCUT2D eigenvalue weighted by molar-refractivity contribution is -0.137. The molecule has 1 N–H and O–H groups in total. The Hall–Kier alpha value is -2.68. The molecule has 0 spiro atoms. The maximum Gasteiger partial charge on any atom is 0.416 e. The lowest BCUT2D eigenvalue weighted by atomic mass is 10.1. The second-order valence-corrected chi connectivity index (χ2v) is 5.64. The summed E-state index contributed by atoms with van der Waals surface area (Å²) in [5.74, 6) is -1.99. The van der Waals surface area contributed by atoms with Crippen LogP contribution < -0.4 is 10.1 Å². The van der Waals surface area contributed by atoms with E-state index in [9.17, 15) is 22.4 Å². The molecule has 2 heterocycles. The van der Waals surface area contributed by atoms with Gasteiger partial charge in [-0.1, -0.05) is 0 Å². The van der Waals surface area contributed by atoms with Crippen LogP contribution in [0, 0.1) is 5.95 Å². The zero-order valence-electron chi connectivity index (χ0n) is 13.3. The monoisotopic (exact) mass is 370 g/mol. The van der Waals surface area contributed by atoms with Gasteiger partial charge in [0.05, 0.1) is 24.3 Å². The van der Waals surface area contributed by atoms with Crippen molar-refractivity contribution in [3.8, 4) is 5.75 Å². The number of hydrogen-bond acceptors (Lipinski definition) is 4. The van der Waals surface area contributed by atoms with Gasteiger partial charge in [0, 0.05) is 24.4 Å². The molecule has 0 radical (unpaired) electrons. The van der Waals surface area contributed by atoms with Gasteiger partial charge in [-0.25, -0.2) is 4.98 Å². The molecule has 5 nitrogen and oxygen atoms in total. The van der Waals surface area contributed by atoms with Crippen LogP contribution in [0.3, 0.4) is 0 Å². The molecular weight excluding hydrogens is 356 g/mol. The van der Waals surface area contributed by atoms with Crippen LogP contribution in [-0.4, -0.2) is 30.2 Å². The number of nitrogens with one attached hydrogen (secondary N) is 1. The van der Waals surface area contributed by atoms with Gasteiger partial charge in [0.15, 0.2) is 0 Å². The minimum atomic E-state index is -4.63. The number of anilines is 1. The van der Waals surface area contributed by atoms with Crippen molar-refractivity contribution in [3.05, 3.63) is 53.6 Å². The lowest BCUT2D eigenvalue weighted by Gasteiger charge is -2.16. The molecule has 9 heteroatoms. The third kappa shape index (κ3) is 4.29. The maximum absolute atomic E-state index is 13.6. The Balaban J connectivity index is 1.87. The van der Waals surface area contributed by atoms with Crippen LogP contribution in [0.15, 0.2) is 36.5 Å². The zero-order valence-corrected chi connectivity index (χ0v) is 13.3. The Morgan fingerprint density at radius 2 is 2.12 bits per heavy atom. The third-order valence-electron chi connectivity index (χ3n) is 3.69. The molecule has 26 heavy (non-hydrogen) atoms. The SMILES string of the molecule is O=C(Nc1cc(O[C@@H]2CCOC2)cc(C(F)(F)F)c1)c1cccnc1F. The molecule has 1 fully saturated rings. The highest BCUT2D eigenvalue weighted by atomic mass is 19.4. The highest BCUT2D eigenvalue weighted by Gasteiger charge is 2.32. The van der Waals surface area contributed by atoms with Gasteiger partial charge in [-0.15, -0.1) is 0 Å². The third-order valence-corrected chi connectivity index (χ3v) is 3.69. The summed E-state index contributed by atoms with van der Waals surface area (Å²) < 4.78 is 63.6. The normalized spacial score (nSPS) is 17.2. The van der Waals surface area contributed by atoms with Crippen molar-refractivity contribution in [1.29, 1.82) is 0 Å². The molecular formula is C17H14F4N2O3. The van der Waals surface area contributed by atoms with Gasteiger partial charge < -0.3 is 14.8 Å². The van der Waals surface area contributed by atoms with Crippen LogP contribution in [0.5, 0.6) is 5.75 Å². The maximum atomic E-state index is 13.6. The Morgan fingerprint density at radius 3 is 2.77 bits per heavy atom. The Bertz CT molecular complexity index is 805. The van der Waals surface area contributed by atoms with Gasteiger partial charge in [-0.3, -0.25) is 4.79 Å². The average Bonchev–Trinajstić information content (AvgIpc) is 3.07. The Morgan fingerprint density at radius 1 is 1.31 bits per heavy atom. The molecule has 1 aliphatic rings. The fourth-order valence-corrected chi connectivity index (χ4v) is 2.46. The van der Waals surface area contributed by atoms with E-state index in [1.807, 2.05) is 0 Å². The van der Waals surface area contributed by atoms with E-state index in [1.54, 1.807) is 0 Å². The number of rotatable bonds is 4. The zero-order chi connectivity index (χ0) is 18.7. The number of halogens is 4. The number of carbonyl (C=O) groups is 1. The summed E-state index contributed by atoms with van der Waals surface area (Å²) in [5, 5.41) is 2.25. The second kappa shape index (κ2) is 7.28. The molecule has 0 unspecified atom stereocenters. The number of hydrogen-bond donors (Lipinski definition) is 1. The molecule has 0 bridgehead atoms. The van der Waals surface area contributed by atoms with Crippen molar-refractivity contribution in [2.75, 3.05) is 18.5 Å². The molecule has 0 aliphatic carbocycles. The van der Waals surface area contributed by atoms with Crippen LogP contribution in [0.25, 0.3) is 0 Å². The van der Waals surface area contributed by atoms with E-state index in [-0.39, 0.29) is 29.7 Å². The highest BCUT2D eigenvalue weighted by Crippen LogP contribution is 2.35. The van der Waals surface area contributed by atoms with E-state index in [0.29, 0.717) is 13.0 Å². The minimum absolute atomic E-state index is 0.0581.